The summed E-state index contributed by atoms with van der Waals surface area (Å²) < 4.78 is 1.36. The van der Waals surface area contributed by atoms with Crippen molar-refractivity contribution in [2.24, 2.45) is 0 Å². The molecule has 0 amide bonds. The number of benzene rings is 1. The quantitative estimate of drug-likeness (QED) is 0.795. The lowest BCUT2D eigenvalue weighted by atomic mass is 10.2. The Labute approximate surface area is 136 Å². The van der Waals surface area contributed by atoms with E-state index in [0.717, 1.165) is 22.7 Å². The van der Waals surface area contributed by atoms with Crippen molar-refractivity contribution in [3.63, 3.8) is 0 Å². The first-order chi connectivity index (χ1) is 10.6. The van der Waals surface area contributed by atoms with Crippen LogP contribution in [0, 0.1) is 6.92 Å². The SMILES string of the molecule is CCc1nn2c(=O)cc(CNc3ccc(Cl)cc3C)nc2s1. The molecule has 0 atom stereocenters. The molecule has 2 aromatic heterocycles. The minimum absolute atomic E-state index is 0.148. The Morgan fingerprint density at radius 3 is 2.91 bits per heavy atom. The number of fused-ring (bicyclic) bond motifs is 1. The summed E-state index contributed by atoms with van der Waals surface area (Å²) in [7, 11) is 0. The first-order valence-electron chi connectivity index (χ1n) is 6.95. The minimum Gasteiger partial charge on any atom is -0.379 e. The molecule has 0 radical (unpaired) electrons. The van der Waals surface area contributed by atoms with Gasteiger partial charge in [0.05, 0.1) is 12.2 Å². The van der Waals surface area contributed by atoms with Crippen LogP contribution >= 0.6 is 22.9 Å². The number of aromatic nitrogens is 3. The maximum absolute atomic E-state index is 12.1. The Hall–Kier alpha value is -1.92. The van der Waals surface area contributed by atoms with Gasteiger partial charge < -0.3 is 5.32 Å². The predicted octanol–water partition coefficient (Wildman–Crippen LogP) is 3.29. The van der Waals surface area contributed by atoms with Crippen LogP contribution in [0.15, 0.2) is 29.1 Å². The fraction of sp³-hybridized carbons (Fsp3) is 0.267. The van der Waals surface area contributed by atoms with E-state index in [1.807, 2.05) is 32.0 Å². The summed E-state index contributed by atoms with van der Waals surface area (Å²) in [6.45, 7) is 4.47. The van der Waals surface area contributed by atoms with Crippen LogP contribution < -0.4 is 10.9 Å². The Morgan fingerprint density at radius 1 is 1.36 bits per heavy atom. The second-order valence-electron chi connectivity index (χ2n) is 4.94. The van der Waals surface area contributed by atoms with Crippen molar-refractivity contribution in [2.75, 3.05) is 5.32 Å². The number of rotatable bonds is 4. The van der Waals surface area contributed by atoms with Gasteiger partial charge in [-0.05, 0) is 37.1 Å². The molecule has 0 spiro atoms. The number of anilines is 1. The van der Waals surface area contributed by atoms with Crippen LogP contribution in [0.1, 0.15) is 23.2 Å². The summed E-state index contributed by atoms with van der Waals surface area (Å²) in [5.41, 5.74) is 2.58. The van der Waals surface area contributed by atoms with Gasteiger partial charge in [-0.2, -0.15) is 9.61 Å². The number of hydrogen-bond acceptors (Lipinski definition) is 5. The standard InChI is InChI=1S/C15H15ClN4OS/c1-3-13-19-20-14(21)7-11(18-15(20)22-13)8-17-12-5-4-10(16)6-9(12)2/h4-7,17H,3,8H2,1-2H3. The fourth-order valence-electron chi connectivity index (χ4n) is 2.14. The van der Waals surface area contributed by atoms with Crippen molar-refractivity contribution in [3.8, 4) is 0 Å². The molecule has 0 saturated carbocycles. The summed E-state index contributed by atoms with van der Waals surface area (Å²) >= 11 is 7.39. The predicted molar refractivity (Wildman–Crippen MR) is 90.0 cm³/mol. The first-order valence-corrected chi connectivity index (χ1v) is 8.15. The van der Waals surface area contributed by atoms with E-state index in [-0.39, 0.29) is 5.56 Å². The third kappa shape index (κ3) is 2.98. The molecule has 1 aromatic carbocycles. The Kier molecular flexibility index (Phi) is 4.13. The molecule has 0 aliphatic carbocycles. The molecule has 0 aliphatic rings. The van der Waals surface area contributed by atoms with Crippen LogP contribution in [0.4, 0.5) is 5.69 Å². The van der Waals surface area contributed by atoms with Gasteiger partial charge in [-0.15, -0.1) is 0 Å². The second-order valence-corrected chi connectivity index (χ2v) is 6.42. The zero-order chi connectivity index (χ0) is 15.7. The van der Waals surface area contributed by atoms with Crippen LogP contribution in [-0.4, -0.2) is 14.6 Å². The van der Waals surface area contributed by atoms with Crippen molar-refractivity contribution in [1.82, 2.24) is 14.6 Å². The molecule has 0 saturated heterocycles. The van der Waals surface area contributed by atoms with Crippen molar-refractivity contribution in [2.45, 2.75) is 26.8 Å². The lowest BCUT2D eigenvalue weighted by Gasteiger charge is -2.09. The molecule has 3 aromatic rings. The van der Waals surface area contributed by atoms with Crippen molar-refractivity contribution < 1.29 is 0 Å². The van der Waals surface area contributed by atoms with Gasteiger partial charge in [0.2, 0.25) is 4.96 Å². The van der Waals surface area contributed by atoms with Crippen LogP contribution in [0.3, 0.4) is 0 Å². The number of nitrogens with one attached hydrogen (secondary N) is 1. The summed E-state index contributed by atoms with van der Waals surface area (Å²) in [6.07, 6.45) is 0.797. The largest absolute Gasteiger partial charge is 0.379 e. The molecule has 2 heterocycles. The third-order valence-corrected chi connectivity index (χ3v) is 4.58. The zero-order valence-electron chi connectivity index (χ0n) is 12.3. The van der Waals surface area contributed by atoms with Gasteiger partial charge in [0.25, 0.3) is 5.56 Å². The molecule has 3 rings (SSSR count). The average molecular weight is 335 g/mol. The van der Waals surface area contributed by atoms with Gasteiger partial charge in [-0.1, -0.05) is 29.9 Å². The highest BCUT2D eigenvalue weighted by molar-refractivity contribution is 7.16. The highest BCUT2D eigenvalue weighted by atomic mass is 35.5. The van der Waals surface area contributed by atoms with E-state index >= 15 is 0 Å². The second kappa shape index (κ2) is 6.06. The molecule has 1 N–H and O–H groups in total. The van der Waals surface area contributed by atoms with Gasteiger partial charge in [0, 0.05) is 16.8 Å². The average Bonchev–Trinajstić information content (AvgIpc) is 2.90. The molecule has 0 aliphatic heterocycles. The molecular formula is C15H15ClN4OS. The molecule has 5 nitrogen and oxygen atoms in total. The van der Waals surface area contributed by atoms with E-state index in [4.69, 9.17) is 11.6 Å². The van der Waals surface area contributed by atoms with E-state index in [9.17, 15) is 4.79 Å². The Morgan fingerprint density at radius 2 is 2.18 bits per heavy atom. The Balaban J connectivity index is 1.86. The van der Waals surface area contributed by atoms with E-state index in [1.54, 1.807) is 0 Å². The summed E-state index contributed by atoms with van der Waals surface area (Å²) in [6, 6.07) is 7.17. The van der Waals surface area contributed by atoms with E-state index in [1.165, 1.54) is 21.9 Å². The Bertz CT molecular complexity index is 887. The third-order valence-electron chi connectivity index (χ3n) is 3.29. The highest BCUT2D eigenvalue weighted by Gasteiger charge is 2.08. The number of hydrogen-bond donors (Lipinski definition) is 1. The zero-order valence-corrected chi connectivity index (χ0v) is 13.8. The van der Waals surface area contributed by atoms with Crippen LogP contribution in [-0.2, 0) is 13.0 Å². The van der Waals surface area contributed by atoms with Gasteiger partial charge in [0.1, 0.15) is 5.01 Å². The van der Waals surface area contributed by atoms with E-state index < -0.39 is 0 Å². The molecular weight excluding hydrogens is 320 g/mol. The van der Waals surface area contributed by atoms with Gasteiger partial charge in [0.15, 0.2) is 0 Å². The maximum Gasteiger partial charge on any atom is 0.275 e. The topological polar surface area (TPSA) is 59.3 Å². The normalized spacial score (nSPS) is 11.0. The van der Waals surface area contributed by atoms with Crippen molar-refractivity contribution >= 4 is 33.6 Å². The van der Waals surface area contributed by atoms with Crippen LogP contribution in [0.2, 0.25) is 5.02 Å². The molecule has 114 valence electrons. The molecule has 0 fully saturated rings. The lowest BCUT2D eigenvalue weighted by molar-refractivity contribution is 0.846. The van der Waals surface area contributed by atoms with E-state index in [2.05, 4.69) is 15.4 Å². The molecule has 22 heavy (non-hydrogen) atoms. The van der Waals surface area contributed by atoms with E-state index in [0.29, 0.717) is 22.2 Å². The smallest absolute Gasteiger partial charge is 0.275 e. The van der Waals surface area contributed by atoms with Gasteiger partial charge >= 0.3 is 0 Å². The number of nitrogens with zero attached hydrogens (tertiary/aromatic N) is 3. The molecule has 0 unspecified atom stereocenters. The monoisotopic (exact) mass is 334 g/mol. The maximum atomic E-state index is 12.1. The van der Waals surface area contributed by atoms with Crippen molar-refractivity contribution in [3.05, 3.63) is 55.9 Å². The number of halogens is 1. The van der Waals surface area contributed by atoms with Crippen LogP contribution in [0.25, 0.3) is 4.96 Å². The highest BCUT2D eigenvalue weighted by Crippen LogP contribution is 2.20. The van der Waals surface area contributed by atoms with Crippen molar-refractivity contribution in [1.29, 1.82) is 0 Å². The van der Waals surface area contributed by atoms with Gasteiger partial charge in [-0.25, -0.2) is 4.98 Å². The number of aryl methyl sites for hydroxylation is 2. The minimum atomic E-state index is -0.148. The first kappa shape index (κ1) is 15.0. The fourth-order valence-corrected chi connectivity index (χ4v) is 3.22. The molecule has 7 heteroatoms. The summed E-state index contributed by atoms with van der Waals surface area (Å²) in [4.78, 5) is 17.2. The van der Waals surface area contributed by atoms with Gasteiger partial charge in [-0.3, -0.25) is 4.79 Å². The lowest BCUT2D eigenvalue weighted by Crippen LogP contribution is -2.17. The van der Waals surface area contributed by atoms with Crippen LogP contribution in [0.5, 0.6) is 0 Å². The molecule has 0 bridgehead atoms. The summed E-state index contributed by atoms with van der Waals surface area (Å²) in [5, 5.41) is 9.14. The summed E-state index contributed by atoms with van der Waals surface area (Å²) in [5.74, 6) is 0.